The zero-order chi connectivity index (χ0) is 20.5. The van der Waals surface area contributed by atoms with Crippen molar-refractivity contribution in [3.8, 4) is 17.2 Å². The highest BCUT2D eigenvalue weighted by molar-refractivity contribution is 6.31. The summed E-state index contributed by atoms with van der Waals surface area (Å²) in [6.07, 6.45) is 0.733. The molecule has 0 radical (unpaired) electrons. The number of nitrogens with one attached hydrogen (secondary N) is 1. The lowest BCUT2D eigenvalue weighted by atomic mass is 10.2. The van der Waals surface area contributed by atoms with Gasteiger partial charge in [-0.2, -0.15) is 0 Å². The molecule has 0 bridgehead atoms. The second-order valence-corrected chi connectivity index (χ2v) is 6.12. The minimum atomic E-state index is -0.447. The average molecular weight is 408 g/mol. The van der Waals surface area contributed by atoms with Gasteiger partial charge in [0.1, 0.15) is 5.75 Å². The van der Waals surface area contributed by atoms with Crippen molar-refractivity contribution in [2.24, 2.45) is 0 Å². The van der Waals surface area contributed by atoms with Crippen LogP contribution in [0.5, 0.6) is 17.2 Å². The fraction of sp³-hybridized carbons (Fsp3) is 0.300. The number of esters is 1. The second-order valence-electron chi connectivity index (χ2n) is 5.68. The molecule has 0 aliphatic heterocycles. The second kappa shape index (κ2) is 10.4. The molecule has 7 nitrogen and oxygen atoms in total. The van der Waals surface area contributed by atoms with E-state index in [4.69, 9.17) is 30.5 Å². The lowest BCUT2D eigenvalue weighted by molar-refractivity contribution is -0.118. The van der Waals surface area contributed by atoms with E-state index < -0.39 is 11.9 Å². The Kier molecular flexibility index (Phi) is 7.95. The number of ether oxygens (including phenoxy) is 4. The van der Waals surface area contributed by atoms with Crippen LogP contribution < -0.4 is 19.5 Å². The maximum Gasteiger partial charge on any atom is 0.338 e. The van der Waals surface area contributed by atoms with Gasteiger partial charge in [-0.15, -0.1) is 0 Å². The van der Waals surface area contributed by atoms with Gasteiger partial charge >= 0.3 is 5.97 Å². The van der Waals surface area contributed by atoms with Gasteiger partial charge in [0.15, 0.2) is 18.1 Å². The zero-order valence-electron chi connectivity index (χ0n) is 15.9. The topological polar surface area (TPSA) is 83.1 Å². The largest absolute Gasteiger partial charge is 0.495 e. The number of hydrogen-bond acceptors (Lipinski definition) is 6. The molecule has 0 aliphatic rings. The molecule has 0 aliphatic carbocycles. The molecule has 0 saturated carbocycles. The summed E-state index contributed by atoms with van der Waals surface area (Å²) in [5.74, 6) is 0.263. The van der Waals surface area contributed by atoms with Crippen molar-refractivity contribution in [2.75, 3.05) is 32.8 Å². The van der Waals surface area contributed by atoms with Crippen molar-refractivity contribution in [2.45, 2.75) is 13.3 Å². The van der Waals surface area contributed by atoms with Crippen molar-refractivity contribution in [1.82, 2.24) is 0 Å². The van der Waals surface area contributed by atoms with E-state index in [9.17, 15) is 9.59 Å². The van der Waals surface area contributed by atoms with Gasteiger partial charge < -0.3 is 24.3 Å². The van der Waals surface area contributed by atoms with Crippen molar-refractivity contribution in [3.05, 3.63) is 47.0 Å². The number of hydrogen-bond donors (Lipinski definition) is 1. The third-order valence-corrected chi connectivity index (χ3v) is 3.87. The molecule has 0 aromatic heterocycles. The number of carbonyl (C=O) groups excluding carboxylic acids is 2. The number of methoxy groups -OCH3 is 2. The van der Waals surface area contributed by atoms with Gasteiger partial charge in [0.2, 0.25) is 0 Å². The standard InChI is InChI=1S/C20H22ClNO6/c1-4-9-27-20(24)13-5-7-17(18(10-13)26-3)28-12-19(23)22-15-11-14(21)6-8-16(15)25-2/h5-8,10-11H,4,9,12H2,1-3H3,(H,22,23). The monoisotopic (exact) mass is 407 g/mol. The molecule has 2 aromatic carbocycles. The van der Waals surface area contributed by atoms with Crippen LogP contribution in [0, 0.1) is 0 Å². The van der Waals surface area contributed by atoms with Gasteiger partial charge in [-0.25, -0.2) is 4.79 Å². The SMILES string of the molecule is CCCOC(=O)c1ccc(OCC(=O)Nc2cc(Cl)ccc2OC)c(OC)c1. The summed E-state index contributed by atoms with van der Waals surface area (Å²) >= 11 is 5.95. The Morgan fingerprint density at radius 2 is 1.71 bits per heavy atom. The van der Waals surface area contributed by atoms with Crippen molar-refractivity contribution < 1.29 is 28.5 Å². The molecule has 0 atom stereocenters. The smallest absolute Gasteiger partial charge is 0.338 e. The quantitative estimate of drug-likeness (QED) is 0.634. The molecule has 2 aromatic rings. The summed E-state index contributed by atoms with van der Waals surface area (Å²) in [5.41, 5.74) is 0.773. The highest BCUT2D eigenvalue weighted by atomic mass is 35.5. The molecule has 1 amide bonds. The molecule has 8 heteroatoms. The van der Waals surface area contributed by atoms with E-state index in [1.54, 1.807) is 30.3 Å². The molecule has 0 saturated heterocycles. The number of halogens is 1. The van der Waals surface area contributed by atoms with E-state index in [-0.39, 0.29) is 6.61 Å². The van der Waals surface area contributed by atoms with Gasteiger partial charge in [0, 0.05) is 5.02 Å². The van der Waals surface area contributed by atoms with E-state index in [0.717, 1.165) is 6.42 Å². The summed E-state index contributed by atoms with van der Waals surface area (Å²) in [5, 5.41) is 3.14. The third kappa shape index (κ3) is 5.79. The van der Waals surface area contributed by atoms with Gasteiger partial charge in [-0.1, -0.05) is 18.5 Å². The Hall–Kier alpha value is -2.93. The molecule has 0 fully saturated rings. The zero-order valence-corrected chi connectivity index (χ0v) is 16.7. The van der Waals surface area contributed by atoms with Crippen LogP contribution in [0.3, 0.4) is 0 Å². The lowest BCUT2D eigenvalue weighted by Gasteiger charge is -2.13. The van der Waals surface area contributed by atoms with Crippen LogP contribution in [0.2, 0.25) is 5.02 Å². The Balaban J connectivity index is 2.02. The highest BCUT2D eigenvalue weighted by Crippen LogP contribution is 2.29. The normalized spacial score (nSPS) is 10.1. The maximum absolute atomic E-state index is 12.2. The minimum absolute atomic E-state index is 0.272. The third-order valence-electron chi connectivity index (χ3n) is 3.63. The van der Waals surface area contributed by atoms with Crippen molar-refractivity contribution >= 4 is 29.2 Å². The molecule has 28 heavy (non-hydrogen) atoms. The van der Waals surface area contributed by atoms with Gasteiger partial charge in [0.25, 0.3) is 5.91 Å². The van der Waals surface area contributed by atoms with Crippen LogP contribution in [0.15, 0.2) is 36.4 Å². The Labute approximate surface area is 168 Å². The van der Waals surface area contributed by atoms with Crippen LogP contribution >= 0.6 is 11.6 Å². The predicted octanol–water partition coefficient (Wildman–Crippen LogP) is 3.94. The summed E-state index contributed by atoms with van der Waals surface area (Å²) in [4.78, 5) is 24.1. The van der Waals surface area contributed by atoms with E-state index in [2.05, 4.69) is 5.32 Å². The average Bonchev–Trinajstić information content (AvgIpc) is 2.70. The molecule has 150 valence electrons. The Morgan fingerprint density at radius 3 is 2.39 bits per heavy atom. The van der Waals surface area contributed by atoms with Crippen LogP contribution in [0.4, 0.5) is 5.69 Å². The molecular weight excluding hydrogens is 386 g/mol. The predicted molar refractivity (Wildman–Crippen MR) is 106 cm³/mol. The number of anilines is 1. The lowest BCUT2D eigenvalue weighted by Crippen LogP contribution is -2.20. The van der Waals surface area contributed by atoms with Gasteiger partial charge in [-0.05, 0) is 42.8 Å². The van der Waals surface area contributed by atoms with E-state index in [0.29, 0.717) is 40.1 Å². The van der Waals surface area contributed by atoms with Crippen LogP contribution in [-0.4, -0.2) is 39.3 Å². The number of carbonyl (C=O) groups is 2. The maximum atomic E-state index is 12.2. The fourth-order valence-electron chi connectivity index (χ4n) is 2.30. The molecule has 0 spiro atoms. The summed E-state index contributed by atoms with van der Waals surface area (Å²) < 4.78 is 21.0. The number of benzene rings is 2. The summed E-state index contributed by atoms with van der Waals surface area (Å²) in [6.45, 7) is 1.98. The van der Waals surface area contributed by atoms with Crippen LogP contribution in [0.1, 0.15) is 23.7 Å². The van der Waals surface area contributed by atoms with Gasteiger partial charge in [0.05, 0.1) is 32.1 Å². The summed E-state index contributed by atoms with van der Waals surface area (Å²) in [7, 11) is 2.94. The van der Waals surface area contributed by atoms with E-state index >= 15 is 0 Å². The van der Waals surface area contributed by atoms with Crippen LogP contribution in [-0.2, 0) is 9.53 Å². The van der Waals surface area contributed by atoms with Crippen molar-refractivity contribution in [1.29, 1.82) is 0 Å². The molecule has 0 heterocycles. The first kappa shape index (κ1) is 21.4. The number of amides is 1. The van der Waals surface area contributed by atoms with E-state index in [1.165, 1.54) is 20.3 Å². The Morgan fingerprint density at radius 1 is 1.00 bits per heavy atom. The van der Waals surface area contributed by atoms with Gasteiger partial charge in [-0.3, -0.25) is 4.79 Å². The fourth-order valence-corrected chi connectivity index (χ4v) is 2.47. The first-order valence-electron chi connectivity index (χ1n) is 8.59. The first-order chi connectivity index (χ1) is 13.5. The van der Waals surface area contributed by atoms with Crippen LogP contribution in [0.25, 0.3) is 0 Å². The first-order valence-corrected chi connectivity index (χ1v) is 8.97. The number of rotatable bonds is 9. The molecular formula is C20H22ClNO6. The van der Waals surface area contributed by atoms with E-state index in [1.807, 2.05) is 6.92 Å². The molecule has 1 N–H and O–H groups in total. The molecule has 2 rings (SSSR count). The summed E-state index contributed by atoms with van der Waals surface area (Å²) in [6, 6.07) is 9.49. The molecule has 0 unspecified atom stereocenters. The highest BCUT2D eigenvalue weighted by Gasteiger charge is 2.14. The Bertz CT molecular complexity index is 839. The minimum Gasteiger partial charge on any atom is -0.495 e. The van der Waals surface area contributed by atoms with Crippen molar-refractivity contribution in [3.63, 3.8) is 0 Å².